The van der Waals surface area contributed by atoms with Crippen molar-refractivity contribution in [1.29, 1.82) is 0 Å². The molecule has 0 nitrogen and oxygen atoms in total. The van der Waals surface area contributed by atoms with Crippen molar-refractivity contribution in [3.63, 3.8) is 0 Å². The fourth-order valence-electron chi connectivity index (χ4n) is 2.55. The smallest absolute Gasteiger partial charge is 0.0138 e. The molecule has 0 atom stereocenters. The highest BCUT2D eigenvalue weighted by Crippen LogP contribution is 2.34. The van der Waals surface area contributed by atoms with E-state index in [1.54, 1.807) is 0 Å². The number of benzene rings is 2. The highest BCUT2D eigenvalue weighted by molar-refractivity contribution is 5.87. The maximum atomic E-state index is 2.25. The molecular formula is C19H19. The normalized spacial score (nSPS) is 14.2. The molecule has 2 aromatic rings. The van der Waals surface area contributed by atoms with Gasteiger partial charge in [0.05, 0.1) is 0 Å². The van der Waals surface area contributed by atoms with Crippen LogP contribution in [0.3, 0.4) is 0 Å². The Bertz CT molecular complexity index is 622. The van der Waals surface area contributed by atoms with E-state index < -0.39 is 0 Å². The SMILES string of the molecule is CC(C)(C)c1ccc(C2=C[CH]c3ccccc32)cc1. The Kier molecular flexibility index (Phi) is 2.82. The zero-order valence-corrected chi connectivity index (χ0v) is 11.8. The molecule has 0 aliphatic heterocycles. The molecule has 95 valence electrons. The average molecular weight is 247 g/mol. The number of rotatable bonds is 1. The lowest BCUT2D eigenvalue weighted by atomic mass is 9.86. The minimum atomic E-state index is 0.215. The van der Waals surface area contributed by atoms with Crippen LogP contribution in [0.15, 0.2) is 54.6 Å². The summed E-state index contributed by atoms with van der Waals surface area (Å²) in [4.78, 5) is 0. The maximum Gasteiger partial charge on any atom is 0.0138 e. The predicted molar refractivity (Wildman–Crippen MR) is 82.1 cm³/mol. The van der Waals surface area contributed by atoms with Crippen LogP contribution in [0.1, 0.15) is 43.0 Å². The van der Waals surface area contributed by atoms with Gasteiger partial charge in [0.25, 0.3) is 0 Å². The van der Waals surface area contributed by atoms with Crippen LogP contribution >= 0.6 is 0 Å². The van der Waals surface area contributed by atoms with Gasteiger partial charge in [-0.25, -0.2) is 0 Å². The van der Waals surface area contributed by atoms with Crippen LogP contribution in [0.5, 0.6) is 0 Å². The molecule has 1 radical (unpaired) electrons. The predicted octanol–water partition coefficient (Wildman–Crippen LogP) is 4.98. The third kappa shape index (κ3) is 2.23. The molecule has 3 rings (SSSR count). The fourth-order valence-corrected chi connectivity index (χ4v) is 2.55. The Hall–Kier alpha value is -1.82. The molecule has 0 aromatic heterocycles. The summed E-state index contributed by atoms with van der Waals surface area (Å²) in [5.41, 5.74) is 6.88. The monoisotopic (exact) mass is 247 g/mol. The minimum Gasteiger partial charge on any atom is -0.0676 e. The van der Waals surface area contributed by atoms with Gasteiger partial charge in [-0.2, -0.15) is 0 Å². The van der Waals surface area contributed by atoms with Gasteiger partial charge in [0.2, 0.25) is 0 Å². The van der Waals surface area contributed by atoms with Crippen molar-refractivity contribution in [3.8, 4) is 0 Å². The van der Waals surface area contributed by atoms with Crippen molar-refractivity contribution < 1.29 is 0 Å². The molecule has 0 heteroatoms. The van der Waals surface area contributed by atoms with Crippen LogP contribution in [0.25, 0.3) is 5.57 Å². The van der Waals surface area contributed by atoms with E-state index in [9.17, 15) is 0 Å². The first-order valence-electron chi connectivity index (χ1n) is 6.81. The first-order chi connectivity index (χ1) is 9.05. The molecule has 0 saturated carbocycles. The molecule has 0 heterocycles. The van der Waals surface area contributed by atoms with Crippen molar-refractivity contribution in [1.82, 2.24) is 0 Å². The molecule has 0 saturated heterocycles. The molecular weight excluding hydrogens is 228 g/mol. The highest BCUT2D eigenvalue weighted by Gasteiger charge is 2.17. The molecule has 19 heavy (non-hydrogen) atoms. The zero-order chi connectivity index (χ0) is 13.5. The molecule has 0 unspecified atom stereocenters. The molecule has 0 bridgehead atoms. The molecule has 1 aliphatic carbocycles. The lowest BCUT2D eigenvalue weighted by molar-refractivity contribution is 0.590. The summed E-state index contributed by atoms with van der Waals surface area (Å²) in [5, 5.41) is 0. The van der Waals surface area contributed by atoms with Crippen molar-refractivity contribution in [3.05, 3.63) is 83.3 Å². The van der Waals surface area contributed by atoms with Gasteiger partial charge in [0.15, 0.2) is 0 Å². The van der Waals surface area contributed by atoms with E-state index in [0.29, 0.717) is 0 Å². The van der Waals surface area contributed by atoms with E-state index >= 15 is 0 Å². The molecule has 0 fully saturated rings. The number of allylic oxidation sites excluding steroid dienone is 1. The first kappa shape index (κ1) is 12.2. The standard InChI is InChI=1S/C19H19/c1-19(2,3)16-11-8-15(9-12-16)18-13-10-14-6-4-5-7-17(14)18/h4-13H,1-3H3. The lowest BCUT2D eigenvalue weighted by Gasteiger charge is -2.19. The van der Waals surface area contributed by atoms with Crippen LogP contribution in [0.2, 0.25) is 0 Å². The summed E-state index contributed by atoms with van der Waals surface area (Å²) in [6, 6.07) is 17.5. The Morgan fingerprint density at radius 3 is 2.16 bits per heavy atom. The second-order valence-electron chi connectivity index (χ2n) is 6.16. The van der Waals surface area contributed by atoms with Crippen molar-refractivity contribution in [2.75, 3.05) is 0 Å². The third-order valence-electron chi connectivity index (χ3n) is 3.74. The zero-order valence-electron chi connectivity index (χ0n) is 11.8. The van der Waals surface area contributed by atoms with Crippen molar-refractivity contribution in [2.45, 2.75) is 26.2 Å². The van der Waals surface area contributed by atoms with Gasteiger partial charge < -0.3 is 0 Å². The van der Waals surface area contributed by atoms with E-state index in [0.717, 1.165) is 0 Å². The number of fused-ring (bicyclic) bond motifs is 1. The quantitative estimate of drug-likeness (QED) is 0.666. The van der Waals surface area contributed by atoms with Gasteiger partial charge in [-0.15, -0.1) is 0 Å². The summed E-state index contributed by atoms with van der Waals surface area (Å²) in [5.74, 6) is 0. The van der Waals surface area contributed by atoms with Gasteiger partial charge in [-0.3, -0.25) is 0 Å². The largest absolute Gasteiger partial charge is 0.0676 e. The molecule has 0 amide bonds. The van der Waals surface area contributed by atoms with E-state index in [1.807, 2.05) is 0 Å². The van der Waals surface area contributed by atoms with Gasteiger partial charge >= 0.3 is 0 Å². The summed E-state index contributed by atoms with van der Waals surface area (Å²) in [6.07, 6.45) is 4.42. The summed E-state index contributed by atoms with van der Waals surface area (Å²) >= 11 is 0. The fraction of sp³-hybridized carbons (Fsp3) is 0.211. The highest BCUT2D eigenvalue weighted by atomic mass is 14.2. The molecule has 2 aromatic carbocycles. The summed E-state index contributed by atoms with van der Waals surface area (Å²) in [7, 11) is 0. The lowest BCUT2D eigenvalue weighted by Crippen LogP contribution is -2.10. The Labute approximate surface area is 115 Å². The van der Waals surface area contributed by atoms with E-state index in [-0.39, 0.29) is 5.41 Å². The van der Waals surface area contributed by atoms with Crippen molar-refractivity contribution >= 4 is 5.57 Å². The van der Waals surface area contributed by atoms with E-state index in [4.69, 9.17) is 0 Å². The van der Waals surface area contributed by atoms with Crippen LogP contribution < -0.4 is 0 Å². The minimum absolute atomic E-state index is 0.215. The third-order valence-corrected chi connectivity index (χ3v) is 3.74. The maximum absolute atomic E-state index is 2.25. The Morgan fingerprint density at radius 2 is 1.47 bits per heavy atom. The average Bonchev–Trinajstić information content (AvgIpc) is 2.82. The molecule has 0 spiro atoms. The van der Waals surface area contributed by atoms with Crippen LogP contribution in [-0.4, -0.2) is 0 Å². The first-order valence-corrected chi connectivity index (χ1v) is 6.81. The van der Waals surface area contributed by atoms with Crippen LogP contribution in [0.4, 0.5) is 0 Å². The van der Waals surface area contributed by atoms with E-state index in [1.165, 1.54) is 27.8 Å². The second-order valence-corrected chi connectivity index (χ2v) is 6.16. The summed E-state index contributed by atoms with van der Waals surface area (Å²) in [6.45, 7) is 6.75. The van der Waals surface area contributed by atoms with Crippen LogP contribution in [0, 0.1) is 6.42 Å². The van der Waals surface area contributed by atoms with Crippen molar-refractivity contribution in [2.24, 2.45) is 0 Å². The Morgan fingerprint density at radius 1 is 0.789 bits per heavy atom. The van der Waals surface area contributed by atoms with Gasteiger partial charge in [-0.1, -0.05) is 75.4 Å². The second kappa shape index (κ2) is 4.38. The molecule has 1 aliphatic rings. The number of hydrogen-bond acceptors (Lipinski definition) is 0. The summed E-state index contributed by atoms with van der Waals surface area (Å²) < 4.78 is 0. The van der Waals surface area contributed by atoms with Crippen LogP contribution in [-0.2, 0) is 5.41 Å². The molecule has 0 N–H and O–H groups in total. The Balaban J connectivity index is 1.97. The van der Waals surface area contributed by atoms with Gasteiger partial charge in [0, 0.05) is 6.42 Å². The van der Waals surface area contributed by atoms with E-state index in [2.05, 4.69) is 81.8 Å². The van der Waals surface area contributed by atoms with Gasteiger partial charge in [-0.05, 0) is 33.2 Å². The van der Waals surface area contributed by atoms with Gasteiger partial charge in [0.1, 0.15) is 0 Å². The topological polar surface area (TPSA) is 0 Å². The number of hydrogen-bond donors (Lipinski definition) is 0.